The Labute approximate surface area is 109 Å². The molecule has 0 aliphatic rings. The third kappa shape index (κ3) is 2.89. The summed E-state index contributed by atoms with van der Waals surface area (Å²) < 4.78 is 14.8. The highest BCUT2D eigenvalue weighted by atomic mass is 19.1. The smallest absolute Gasteiger partial charge is 0.265 e. The summed E-state index contributed by atoms with van der Waals surface area (Å²) >= 11 is 0. The molecule has 0 aliphatic heterocycles. The molecule has 1 atom stereocenters. The van der Waals surface area contributed by atoms with Crippen LogP contribution in [0, 0.1) is 0 Å². The summed E-state index contributed by atoms with van der Waals surface area (Å²) in [6.45, 7) is 8.94. The fourth-order valence-electron chi connectivity index (χ4n) is 2.18. The highest BCUT2D eigenvalue weighted by Gasteiger charge is 2.40. The first-order valence-corrected chi connectivity index (χ1v) is 6.35. The van der Waals surface area contributed by atoms with Crippen molar-refractivity contribution in [2.24, 2.45) is 0 Å². The Hall–Kier alpha value is -1.38. The first-order valence-electron chi connectivity index (χ1n) is 6.35. The van der Waals surface area contributed by atoms with Crippen LogP contribution in [0.4, 0.5) is 4.39 Å². The molecule has 1 aromatic carbocycles. The predicted octanol–water partition coefficient (Wildman–Crippen LogP) is 3.52. The number of alkyl halides is 1. The molecule has 1 rings (SSSR count). The summed E-state index contributed by atoms with van der Waals surface area (Å²) in [6, 6.07) is 8.57. The molecule has 2 nitrogen and oxygen atoms in total. The van der Waals surface area contributed by atoms with Crippen LogP contribution in [-0.4, -0.2) is 22.9 Å². The lowest BCUT2D eigenvalue weighted by molar-refractivity contribution is -0.147. The lowest BCUT2D eigenvalue weighted by atomic mass is 9.95. The number of benzene rings is 1. The summed E-state index contributed by atoms with van der Waals surface area (Å²) in [5, 5.41) is 0. The molecule has 1 amide bonds. The fraction of sp³-hybridized carbons (Fsp3) is 0.533. The van der Waals surface area contributed by atoms with Gasteiger partial charge >= 0.3 is 0 Å². The number of carbonyl (C=O) groups excluding carboxylic acids is 1. The topological polar surface area (TPSA) is 20.3 Å². The van der Waals surface area contributed by atoms with Gasteiger partial charge in [0.2, 0.25) is 5.67 Å². The van der Waals surface area contributed by atoms with Crippen LogP contribution < -0.4 is 0 Å². The Bertz CT molecular complexity index is 390. The molecule has 0 aromatic heterocycles. The van der Waals surface area contributed by atoms with Crippen molar-refractivity contribution in [3.8, 4) is 0 Å². The van der Waals surface area contributed by atoms with Crippen LogP contribution in [0.3, 0.4) is 0 Å². The molecule has 0 saturated heterocycles. The first kappa shape index (κ1) is 14.7. The SMILES string of the molecule is CC(C)N(C(=O)C(C)(F)c1ccccc1)C(C)C. The molecule has 0 heterocycles. The van der Waals surface area contributed by atoms with Crippen molar-refractivity contribution in [3.05, 3.63) is 35.9 Å². The maximum absolute atomic E-state index is 14.8. The molecule has 0 radical (unpaired) electrons. The van der Waals surface area contributed by atoms with E-state index in [0.29, 0.717) is 5.56 Å². The predicted molar refractivity (Wildman–Crippen MR) is 72.0 cm³/mol. The van der Waals surface area contributed by atoms with Crippen molar-refractivity contribution in [2.45, 2.75) is 52.4 Å². The van der Waals surface area contributed by atoms with Crippen LogP contribution in [0.25, 0.3) is 0 Å². The molecule has 100 valence electrons. The second-order valence-corrected chi connectivity index (χ2v) is 5.27. The monoisotopic (exact) mass is 251 g/mol. The largest absolute Gasteiger partial charge is 0.335 e. The molecule has 3 heteroatoms. The van der Waals surface area contributed by atoms with Crippen molar-refractivity contribution in [2.75, 3.05) is 0 Å². The molecule has 0 N–H and O–H groups in total. The molecule has 18 heavy (non-hydrogen) atoms. The lowest BCUT2D eigenvalue weighted by Crippen LogP contribution is -2.49. The van der Waals surface area contributed by atoms with E-state index in [0.717, 1.165) is 0 Å². The van der Waals surface area contributed by atoms with Gasteiger partial charge < -0.3 is 4.90 Å². The van der Waals surface area contributed by atoms with E-state index in [1.807, 2.05) is 33.8 Å². The highest BCUT2D eigenvalue weighted by molar-refractivity contribution is 5.86. The van der Waals surface area contributed by atoms with Gasteiger partial charge in [-0.1, -0.05) is 30.3 Å². The van der Waals surface area contributed by atoms with E-state index in [1.165, 1.54) is 6.92 Å². The van der Waals surface area contributed by atoms with Crippen molar-refractivity contribution in [1.82, 2.24) is 4.90 Å². The quantitative estimate of drug-likeness (QED) is 0.801. The summed E-state index contributed by atoms with van der Waals surface area (Å²) in [5.41, 5.74) is -1.57. The molecule has 0 bridgehead atoms. The Morgan fingerprint density at radius 2 is 1.56 bits per heavy atom. The number of hydrogen-bond donors (Lipinski definition) is 0. The standard InChI is InChI=1S/C15H22FNO/c1-11(2)17(12(3)4)14(18)15(5,16)13-9-7-6-8-10-13/h6-12H,1-5H3. The Morgan fingerprint density at radius 1 is 1.11 bits per heavy atom. The Balaban J connectivity index is 3.08. The van der Waals surface area contributed by atoms with Gasteiger partial charge in [-0.15, -0.1) is 0 Å². The summed E-state index contributed by atoms with van der Waals surface area (Å²) in [6.07, 6.45) is 0. The number of hydrogen-bond acceptors (Lipinski definition) is 1. The fourth-order valence-corrected chi connectivity index (χ4v) is 2.18. The number of halogens is 1. The minimum absolute atomic E-state index is 0.0173. The van der Waals surface area contributed by atoms with E-state index in [9.17, 15) is 9.18 Å². The van der Waals surface area contributed by atoms with Crippen LogP contribution in [-0.2, 0) is 10.5 Å². The molecule has 0 spiro atoms. The normalized spacial score (nSPS) is 14.7. The van der Waals surface area contributed by atoms with E-state index < -0.39 is 11.6 Å². The zero-order chi connectivity index (χ0) is 13.9. The molecular weight excluding hydrogens is 229 g/mol. The third-order valence-electron chi connectivity index (χ3n) is 3.06. The van der Waals surface area contributed by atoms with Gasteiger partial charge in [0.1, 0.15) is 0 Å². The second kappa shape index (κ2) is 5.51. The van der Waals surface area contributed by atoms with Crippen molar-refractivity contribution in [1.29, 1.82) is 0 Å². The Kier molecular flexibility index (Phi) is 4.49. The van der Waals surface area contributed by atoms with Crippen LogP contribution in [0.15, 0.2) is 30.3 Å². The van der Waals surface area contributed by atoms with Gasteiger partial charge in [-0.3, -0.25) is 4.79 Å². The van der Waals surface area contributed by atoms with Gasteiger partial charge in [-0.25, -0.2) is 4.39 Å². The Morgan fingerprint density at radius 3 is 1.94 bits per heavy atom. The third-order valence-corrected chi connectivity index (χ3v) is 3.06. The van der Waals surface area contributed by atoms with Crippen LogP contribution in [0.2, 0.25) is 0 Å². The molecule has 0 aliphatic carbocycles. The molecule has 0 fully saturated rings. The van der Waals surface area contributed by atoms with Gasteiger partial charge in [-0.05, 0) is 40.2 Å². The first-order chi connectivity index (χ1) is 8.28. The van der Waals surface area contributed by atoms with Crippen molar-refractivity contribution in [3.63, 3.8) is 0 Å². The average Bonchev–Trinajstić information content (AvgIpc) is 2.29. The number of rotatable bonds is 4. The van der Waals surface area contributed by atoms with Crippen LogP contribution in [0.5, 0.6) is 0 Å². The number of amides is 1. The summed E-state index contributed by atoms with van der Waals surface area (Å²) in [5.74, 6) is -0.473. The highest BCUT2D eigenvalue weighted by Crippen LogP contribution is 2.29. The maximum Gasteiger partial charge on any atom is 0.265 e. The van der Waals surface area contributed by atoms with E-state index in [2.05, 4.69) is 0 Å². The molecule has 0 saturated carbocycles. The van der Waals surface area contributed by atoms with Gasteiger partial charge in [-0.2, -0.15) is 0 Å². The lowest BCUT2D eigenvalue weighted by Gasteiger charge is -2.35. The minimum Gasteiger partial charge on any atom is -0.335 e. The van der Waals surface area contributed by atoms with Crippen LogP contribution >= 0.6 is 0 Å². The van der Waals surface area contributed by atoms with E-state index >= 15 is 0 Å². The molecule has 1 aromatic rings. The van der Waals surface area contributed by atoms with Crippen LogP contribution in [0.1, 0.15) is 40.2 Å². The van der Waals surface area contributed by atoms with E-state index in [4.69, 9.17) is 0 Å². The average molecular weight is 251 g/mol. The van der Waals surface area contributed by atoms with E-state index in [1.54, 1.807) is 29.2 Å². The molecular formula is C15H22FNO. The zero-order valence-corrected chi connectivity index (χ0v) is 11.8. The second-order valence-electron chi connectivity index (χ2n) is 5.27. The molecule has 1 unspecified atom stereocenters. The zero-order valence-electron chi connectivity index (χ0n) is 11.8. The number of nitrogens with zero attached hydrogens (tertiary/aromatic N) is 1. The summed E-state index contributed by atoms with van der Waals surface area (Å²) in [7, 11) is 0. The van der Waals surface area contributed by atoms with Gasteiger partial charge in [0, 0.05) is 12.1 Å². The van der Waals surface area contributed by atoms with E-state index in [-0.39, 0.29) is 12.1 Å². The van der Waals surface area contributed by atoms with Crippen molar-refractivity contribution >= 4 is 5.91 Å². The number of carbonyl (C=O) groups is 1. The van der Waals surface area contributed by atoms with Crippen molar-refractivity contribution < 1.29 is 9.18 Å². The van der Waals surface area contributed by atoms with Gasteiger partial charge in [0.15, 0.2) is 0 Å². The van der Waals surface area contributed by atoms with Gasteiger partial charge in [0.05, 0.1) is 0 Å². The minimum atomic E-state index is -1.98. The van der Waals surface area contributed by atoms with Gasteiger partial charge in [0.25, 0.3) is 5.91 Å². The summed E-state index contributed by atoms with van der Waals surface area (Å²) in [4.78, 5) is 14.0. The maximum atomic E-state index is 14.8.